The summed E-state index contributed by atoms with van der Waals surface area (Å²) in [6.07, 6.45) is 0.968. The number of carbonyl (C=O) groups excluding carboxylic acids is 1. The van der Waals surface area contributed by atoms with E-state index in [0.29, 0.717) is 11.3 Å². The zero-order chi connectivity index (χ0) is 14.7. The van der Waals surface area contributed by atoms with Crippen molar-refractivity contribution in [1.29, 1.82) is 0 Å². The first-order chi connectivity index (χ1) is 9.52. The van der Waals surface area contributed by atoms with Crippen LogP contribution < -0.4 is 11.1 Å². The number of nitrogens with two attached hydrogens (primary N) is 1. The molecule has 0 aromatic heterocycles. The van der Waals surface area contributed by atoms with Crippen molar-refractivity contribution in [1.82, 2.24) is 0 Å². The number of rotatable bonds is 3. The quantitative estimate of drug-likeness (QED) is 0.834. The first-order valence-corrected chi connectivity index (χ1v) is 6.79. The molecular formula is C17H20N2O. The number of hydrogen-bond donors (Lipinski definition) is 2. The molecule has 2 aromatic rings. The van der Waals surface area contributed by atoms with E-state index in [4.69, 9.17) is 5.73 Å². The summed E-state index contributed by atoms with van der Waals surface area (Å²) >= 11 is 0. The van der Waals surface area contributed by atoms with E-state index < -0.39 is 0 Å². The molecule has 20 heavy (non-hydrogen) atoms. The SMILES string of the molecule is CCc1ccc(C(=O)Nc2c(C)ccc(N)c2C)cc1. The number of nitrogens with one attached hydrogen (secondary N) is 1. The summed E-state index contributed by atoms with van der Waals surface area (Å²) in [5.74, 6) is -0.107. The first-order valence-electron chi connectivity index (χ1n) is 6.79. The first kappa shape index (κ1) is 14.1. The molecule has 0 unspecified atom stereocenters. The maximum absolute atomic E-state index is 12.3. The molecule has 1 amide bonds. The van der Waals surface area contributed by atoms with Gasteiger partial charge in [-0.1, -0.05) is 25.1 Å². The molecule has 0 fully saturated rings. The van der Waals surface area contributed by atoms with Crippen LogP contribution in [-0.4, -0.2) is 5.91 Å². The average Bonchev–Trinajstić information content (AvgIpc) is 2.47. The van der Waals surface area contributed by atoms with Crippen LogP contribution in [0.5, 0.6) is 0 Å². The van der Waals surface area contributed by atoms with Crippen LogP contribution >= 0.6 is 0 Å². The van der Waals surface area contributed by atoms with Crippen LogP contribution in [0.25, 0.3) is 0 Å². The van der Waals surface area contributed by atoms with Crippen molar-refractivity contribution in [2.24, 2.45) is 0 Å². The largest absolute Gasteiger partial charge is 0.398 e. The third-order valence-corrected chi connectivity index (χ3v) is 3.58. The van der Waals surface area contributed by atoms with Crippen LogP contribution in [0.3, 0.4) is 0 Å². The van der Waals surface area contributed by atoms with Gasteiger partial charge in [0.2, 0.25) is 0 Å². The highest BCUT2D eigenvalue weighted by molar-refractivity contribution is 6.05. The van der Waals surface area contributed by atoms with Crippen LogP contribution in [0, 0.1) is 13.8 Å². The lowest BCUT2D eigenvalue weighted by molar-refractivity contribution is 0.102. The minimum atomic E-state index is -0.107. The van der Waals surface area contributed by atoms with Crippen molar-refractivity contribution in [3.8, 4) is 0 Å². The Labute approximate surface area is 119 Å². The minimum Gasteiger partial charge on any atom is -0.398 e. The smallest absolute Gasteiger partial charge is 0.255 e. The Morgan fingerprint density at radius 2 is 1.75 bits per heavy atom. The highest BCUT2D eigenvalue weighted by atomic mass is 16.1. The predicted molar refractivity (Wildman–Crippen MR) is 84.1 cm³/mol. The van der Waals surface area contributed by atoms with E-state index in [1.807, 2.05) is 50.2 Å². The van der Waals surface area contributed by atoms with E-state index >= 15 is 0 Å². The van der Waals surface area contributed by atoms with Crippen molar-refractivity contribution < 1.29 is 4.79 Å². The van der Waals surface area contributed by atoms with Gasteiger partial charge in [-0.15, -0.1) is 0 Å². The summed E-state index contributed by atoms with van der Waals surface area (Å²) in [6.45, 7) is 5.97. The van der Waals surface area contributed by atoms with Gasteiger partial charge in [0.05, 0.1) is 0 Å². The maximum Gasteiger partial charge on any atom is 0.255 e. The number of anilines is 2. The molecule has 0 radical (unpaired) electrons. The molecule has 0 spiro atoms. The maximum atomic E-state index is 12.3. The molecule has 0 aliphatic rings. The molecular weight excluding hydrogens is 248 g/mol. The molecule has 0 atom stereocenters. The second-order valence-electron chi connectivity index (χ2n) is 4.98. The van der Waals surface area contributed by atoms with Crippen molar-refractivity contribution >= 4 is 17.3 Å². The summed E-state index contributed by atoms with van der Waals surface area (Å²) in [4.78, 5) is 12.3. The summed E-state index contributed by atoms with van der Waals surface area (Å²) in [7, 11) is 0. The molecule has 0 heterocycles. The van der Waals surface area contributed by atoms with Crippen molar-refractivity contribution in [3.63, 3.8) is 0 Å². The molecule has 0 aliphatic heterocycles. The van der Waals surface area contributed by atoms with Gasteiger partial charge < -0.3 is 11.1 Å². The molecule has 2 rings (SSSR count). The lowest BCUT2D eigenvalue weighted by Crippen LogP contribution is -2.14. The van der Waals surface area contributed by atoms with Gasteiger partial charge in [0.1, 0.15) is 0 Å². The highest BCUT2D eigenvalue weighted by Crippen LogP contribution is 2.25. The minimum absolute atomic E-state index is 0.107. The van der Waals surface area contributed by atoms with Crippen LogP contribution in [0.1, 0.15) is 34.0 Å². The van der Waals surface area contributed by atoms with E-state index in [1.54, 1.807) is 0 Å². The zero-order valence-electron chi connectivity index (χ0n) is 12.2. The highest BCUT2D eigenvalue weighted by Gasteiger charge is 2.11. The van der Waals surface area contributed by atoms with Gasteiger partial charge in [0.25, 0.3) is 5.91 Å². The topological polar surface area (TPSA) is 55.1 Å². The number of amides is 1. The standard InChI is InChI=1S/C17H20N2O/c1-4-13-6-8-14(9-7-13)17(20)19-16-11(2)5-10-15(18)12(16)3/h5-10H,4,18H2,1-3H3,(H,19,20). The van der Waals surface area contributed by atoms with Crippen LogP contribution in [0.2, 0.25) is 0 Å². The van der Waals surface area contributed by atoms with Crippen LogP contribution in [-0.2, 0) is 6.42 Å². The molecule has 0 saturated carbocycles. The van der Waals surface area contributed by atoms with Crippen LogP contribution in [0.4, 0.5) is 11.4 Å². The molecule has 0 aliphatic carbocycles. The fourth-order valence-electron chi connectivity index (χ4n) is 2.13. The van der Waals surface area contributed by atoms with Gasteiger partial charge in [-0.25, -0.2) is 0 Å². The molecule has 3 nitrogen and oxygen atoms in total. The normalized spacial score (nSPS) is 10.3. The summed E-state index contributed by atoms with van der Waals surface area (Å²) < 4.78 is 0. The van der Waals surface area contributed by atoms with Crippen molar-refractivity contribution in [3.05, 3.63) is 58.7 Å². The van der Waals surface area contributed by atoms with E-state index in [9.17, 15) is 4.79 Å². The van der Waals surface area contributed by atoms with Gasteiger partial charge in [0.15, 0.2) is 0 Å². The van der Waals surface area contributed by atoms with E-state index in [0.717, 1.165) is 23.2 Å². The van der Waals surface area contributed by atoms with Gasteiger partial charge in [-0.3, -0.25) is 4.79 Å². The predicted octanol–water partition coefficient (Wildman–Crippen LogP) is 3.70. The second-order valence-corrected chi connectivity index (χ2v) is 4.98. The van der Waals surface area contributed by atoms with Gasteiger partial charge in [-0.2, -0.15) is 0 Å². The molecule has 0 bridgehead atoms. The Kier molecular flexibility index (Phi) is 4.08. The van der Waals surface area contributed by atoms with Gasteiger partial charge in [0, 0.05) is 16.9 Å². The lowest BCUT2D eigenvalue weighted by atomic mass is 10.1. The van der Waals surface area contributed by atoms with Crippen molar-refractivity contribution in [2.45, 2.75) is 27.2 Å². The Bertz CT molecular complexity index is 630. The van der Waals surface area contributed by atoms with E-state index in [1.165, 1.54) is 5.56 Å². The fourth-order valence-corrected chi connectivity index (χ4v) is 2.13. The van der Waals surface area contributed by atoms with E-state index in [-0.39, 0.29) is 5.91 Å². The third kappa shape index (κ3) is 2.82. The number of carbonyl (C=O) groups is 1. The second kappa shape index (κ2) is 5.78. The Balaban J connectivity index is 2.25. The molecule has 3 heteroatoms. The number of aryl methyl sites for hydroxylation is 2. The average molecular weight is 268 g/mol. The molecule has 104 valence electrons. The summed E-state index contributed by atoms with van der Waals surface area (Å²) in [5, 5.41) is 2.95. The Morgan fingerprint density at radius 3 is 2.35 bits per heavy atom. The molecule has 3 N–H and O–H groups in total. The number of benzene rings is 2. The number of hydrogen-bond acceptors (Lipinski definition) is 2. The Hall–Kier alpha value is -2.29. The third-order valence-electron chi connectivity index (χ3n) is 3.58. The van der Waals surface area contributed by atoms with Crippen molar-refractivity contribution in [2.75, 3.05) is 11.1 Å². The molecule has 2 aromatic carbocycles. The van der Waals surface area contributed by atoms with E-state index in [2.05, 4.69) is 12.2 Å². The monoisotopic (exact) mass is 268 g/mol. The molecule has 0 saturated heterocycles. The summed E-state index contributed by atoms with van der Waals surface area (Å²) in [5.41, 5.74) is 11.2. The van der Waals surface area contributed by atoms with Crippen LogP contribution in [0.15, 0.2) is 36.4 Å². The van der Waals surface area contributed by atoms with Gasteiger partial charge >= 0.3 is 0 Å². The van der Waals surface area contributed by atoms with Gasteiger partial charge in [-0.05, 0) is 55.2 Å². The fraction of sp³-hybridized carbons (Fsp3) is 0.235. The number of nitrogen functional groups attached to an aromatic ring is 1. The summed E-state index contributed by atoms with van der Waals surface area (Å²) in [6, 6.07) is 11.4. The zero-order valence-corrected chi connectivity index (χ0v) is 12.2. The Morgan fingerprint density at radius 1 is 1.10 bits per heavy atom. The lowest BCUT2D eigenvalue weighted by Gasteiger charge is -2.13.